The Hall–Kier alpha value is -0.830. The quantitative estimate of drug-likeness (QED) is 0.492. The molecular formula is C11H17NO2. The second kappa shape index (κ2) is 3.39. The van der Waals surface area contributed by atoms with Gasteiger partial charge in [0.1, 0.15) is 5.54 Å². The van der Waals surface area contributed by atoms with Crippen LogP contribution in [0.25, 0.3) is 0 Å². The number of carbonyl (C=O) groups is 1. The maximum absolute atomic E-state index is 11.9. The first kappa shape index (κ1) is 9.71. The van der Waals surface area contributed by atoms with Crippen LogP contribution in [-0.2, 0) is 9.53 Å². The molecule has 2 aliphatic heterocycles. The summed E-state index contributed by atoms with van der Waals surface area (Å²) in [6.45, 7) is 8.32. The van der Waals surface area contributed by atoms with Crippen molar-refractivity contribution in [3.05, 3.63) is 12.2 Å². The van der Waals surface area contributed by atoms with Crippen LogP contribution in [-0.4, -0.2) is 36.1 Å². The SMILES string of the molecule is C=C1CCN2CCCC12C(=O)OCC. The van der Waals surface area contributed by atoms with E-state index in [1.165, 1.54) is 0 Å². The Morgan fingerprint density at radius 3 is 3.14 bits per heavy atom. The zero-order valence-corrected chi connectivity index (χ0v) is 8.71. The first-order valence-corrected chi connectivity index (χ1v) is 5.32. The van der Waals surface area contributed by atoms with Crippen LogP contribution in [0.1, 0.15) is 26.2 Å². The predicted molar refractivity (Wildman–Crippen MR) is 53.9 cm³/mol. The standard InChI is InChI=1S/C11H17NO2/c1-3-14-10(13)11-6-4-7-12(11)8-5-9(11)2/h2-8H2,1H3. The summed E-state index contributed by atoms with van der Waals surface area (Å²) in [7, 11) is 0. The molecule has 2 saturated heterocycles. The first-order chi connectivity index (χ1) is 6.71. The highest BCUT2D eigenvalue weighted by Crippen LogP contribution is 2.42. The van der Waals surface area contributed by atoms with Gasteiger partial charge in [0.05, 0.1) is 6.61 Å². The van der Waals surface area contributed by atoms with Gasteiger partial charge in [-0.1, -0.05) is 6.58 Å². The summed E-state index contributed by atoms with van der Waals surface area (Å²) in [5.74, 6) is -0.0833. The van der Waals surface area contributed by atoms with E-state index in [4.69, 9.17) is 4.74 Å². The summed E-state index contributed by atoms with van der Waals surface area (Å²) in [6, 6.07) is 0. The maximum atomic E-state index is 11.9. The molecule has 0 aromatic rings. The van der Waals surface area contributed by atoms with Gasteiger partial charge in [-0.3, -0.25) is 4.90 Å². The second-order valence-corrected chi connectivity index (χ2v) is 4.02. The highest BCUT2D eigenvalue weighted by atomic mass is 16.5. The van der Waals surface area contributed by atoms with Crippen LogP contribution in [0.3, 0.4) is 0 Å². The highest BCUT2D eigenvalue weighted by molar-refractivity contribution is 5.86. The normalized spacial score (nSPS) is 31.9. The molecule has 3 nitrogen and oxygen atoms in total. The van der Waals surface area contributed by atoms with Crippen molar-refractivity contribution in [1.29, 1.82) is 0 Å². The molecule has 0 amide bonds. The number of ether oxygens (including phenoxy) is 1. The van der Waals surface area contributed by atoms with Crippen LogP contribution < -0.4 is 0 Å². The first-order valence-electron chi connectivity index (χ1n) is 5.32. The van der Waals surface area contributed by atoms with E-state index in [1.807, 2.05) is 6.92 Å². The Morgan fingerprint density at radius 1 is 1.64 bits per heavy atom. The van der Waals surface area contributed by atoms with Gasteiger partial charge < -0.3 is 4.74 Å². The average Bonchev–Trinajstić information content (AvgIpc) is 2.68. The van der Waals surface area contributed by atoms with Crippen molar-refractivity contribution in [1.82, 2.24) is 4.90 Å². The summed E-state index contributed by atoms with van der Waals surface area (Å²) >= 11 is 0. The molecule has 0 saturated carbocycles. The number of hydrogen-bond acceptors (Lipinski definition) is 3. The van der Waals surface area contributed by atoms with Crippen LogP contribution in [0.15, 0.2) is 12.2 Å². The predicted octanol–water partition coefficient (Wildman–Crippen LogP) is 1.34. The monoisotopic (exact) mass is 195 g/mol. The smallest absolute Gasteiger partial charge is 0.330 e. The molecule has 0 spiro atoms. The molecule has 3 heteroatoms. The van der Waals surface area contributed by atoms with E-state index < -0.39 is 5.54 Å². The van der Waals surface area contributed by atoms with Crippen LogP contribution in [0.5, 0.6) is 0 Å². The van der Waals surface area contributed by atoms with Crippen LogP contribution in [0.2, 0.25) is 0 Å². The Bertz CT molecular complexity index is 274. The number of esters is 1. The molecule has 1 atom stereocenters. The van der Waals surface area contributed by atoms with E-state index in [9.17, 15) is 4.79 Å². The minimum absolute atomic E-state index is 0.0833. The number of fused-ring (bicyclic) bond motifs is 1. The van der Waals surface area contributed by atoms with Crippen molar-refractivity contribution in [2.45, 2.75) is 31.7 Å². The van der Waals surface area contributed by atoms with Crippen molar-refractivity contribution in [2.24, 2.45) is 0 Å². The molecule has 2 heterocycles. The third kappa shape index (κ3) is 1.12. The Morgan fingerprint density at radius 2 is 2.43 bits per heavy atom. The fourth-order valence-corrected chi connectivity index (χ4v) is 2.68. The summed E-state index contributed by atoms with van der Waals surface area (Å²) in [6.07, 6.45) is 2.92. The molecule has 1 unspecified atom stereocenters. The summed E-state index contributed by atoms with van der Waals surface area (Å²) in [5.41, 5.74) is 0.601. The molecule has 0 aromatic carbocycles. The molecule has 0 bridgehead atoms. The average molecular weight is 195 g/mol. The third-order valence-electron chi connectivity index (χ3n) is 3.39. The van der Waals surface area contributed by atoms with Crippen molar-refractivity contribution in [3.8, 4) is 0 Å². The Balaban J connectivity index is 2.26. The van der Waals surface area contributed by atoms with E-state index in [0.717, 1.165) is 37.9 Å². The van der Waals surface area contributed by atoms with E-state index in [2.05, 4.69) is 11.5 Å². The zero-order chi connectivity index (χ0) is 10.2. The summed E-state index contributed by atoms with van der Waals surface area (Å²) < 4.78 is 5.16. The van der Waals surface area contributed by atoms with Crippen molar-refractivity contribution >= 4 is 5.97 Å². The molecule has 2 fully saturated rings. The molecule has 2 aliphatic rings. The van der Waals surface area contributed by atoms with Gasteiger partial charge in [-0.25, -0.2) is 4.79 Å². The van der Waals surface area contributed by atoms with Crippen LogP contribution in [0, 0.1) is 0 Å². The summed E-state index contributed by atoms with van der Waals surface area (Å²) in [5, 5.41) is 0. The van der Waals surface area contributed by atoms with Gasteiger partial charge in [0.2, 0.25) is 0 Å². The lowest BCUT2D eigenvalue weighted by Gasteiger charge is -2.30. The van der Waals surface area contributed by atoms with Crippen molar-refractivity contribution in [3.63, 3.8) is 0 Å². The van der Waals surface area contributed by atoms with Gasteiger partial charge in [-0.15, -0.1) is 0 Å². The molecule has 0 aromatic heterocycles. The number of rotatable bonds is 2. The van der Waals surface area contributed by atoms with Gasteiger partial charge in [-0.2, -0.15) is 0 Å². The maximum Gasteiger partial charge on any atom is 0.330 e. The second-order valence-electron chi connectivity index (χ2n) is 4.02. The number of hydrogen-bond donors (Lipinski definition) is 0. The molecule has 2 rings (SSSR count). The summed E-state index contributed by atoms with van der Waals surface area (Å²) in [4.78, 5) is 14.2. The Labute approximate surface area is 84.7 Å². The fraction of sp³-hybridized carbons (Fsp3) is 0.727. The van der Waals surface area contributed by atoms with E-state index in [0.29, 0.717) is 6.61 Å². The largest absolute Gasteiger partial charge is 0.464 e. The lowest BCUT2D eigenvalue weighted by Crippen LogP contribution is -2.47. The topological polar surface area (TPSA) is 29.5 Å². The van der Waals surface area contributed by atoms with Crippen LogP contribution >= 0.6 is 0 Å². The highest BCUT2D eigenvalue weighted by Gasteiger charge is 2.53. The minimum Gasteiger partial charge on any atom is -0.464 e. The molecular weight excluding hydrogens is 178 g/mol. The van der Waals surface area contributed by atoms with Gasteiger partial charge in [0.15, 0.2) is 0 Å². The molecule has 0 N–H and O–H groups in total. The molecule has 0 aliphatic carbocycles. The lowest BCUT2D eigenvalue weighted by molar-refractivity contribution is -0.152. The molecule has 0 radical (unpaired) electrons. The number of nitrogens with zero attached hydrogens (tertiary/aromatic N) is 1. The van der Waals surface area contributed by atoms with Gasteiger partial charge in [0.25, 0.3) is 0 Å². The van der Waals surface area contributed by atoms with Crippen molar-refractivity contribution < 1.29 is 9.53 Å². The Kier molecular flexibility index (Phi) is 2.35. The number of carbonyl (C=O) groups excluding carboxylic acids is 1. The zero-order valence-electron chi connectivity index (χ0n) is 8.71. The van der Waals surface area contributed by atoms with Gasteiger partial charge in [0, 0.05) is 6.54 Å². The lowest BCUT2D eigenvalue weighted by atomic mass is 9.90. The van der Waals surface area contributed by atoms with Crippen molar-refractivity contribution in [2.75, 3.05) is 19.7 Å². The van der Waals surface area contributed by atoms with Gasteiger partial charge in [-0.05, 0) is 38.3 Å². The van der Waals surface area contributed by atoms with E-state index >= 15 is 0 Å². The molecule has 14 heavy (non-hydrogen) atoms. The third-order valence-corrected chi connectivity index (χ3v) is 3.39. The fourth-order valence-electron chi connectivity index (χ4n) is 2.68. The minimum atomic E-state index is -0.448. The van der Waals surface area contributed by atoms with Gasteiger partial charge >= 0.3 is 5.97 Å². The van der Waals surface area contributed by atoms with E-state index in [1.54, 1.807) is 0 Å². The van der Waals surface area contributed by atoms with E-state index in [-0.39, 0.29) is 5.97 Å². The molecule has 78 valence electrons. The van der Waals surface area contributed by atoms with Crippen LogP contribution in [0.4, 0.5) is 0 Å².